The summed E-state index contributed by atoms with van der Waals surface area (Å²) in [5, 5.41) is 9.17. The van der Waals surface area contributed by atoms with Gasteiger partial charge >= 0.3 is 5.97 Å². The molecule has 3 aromatic carbocycles. The van der Waals surface area contributed by atoms with Crippen LogP contribution >= 0.6 is 0 Å². The van der Waals surface area contributed by atoms with Gasteiger partial charge in [-0.1, -0.05) is 74.0 Å². The van der Waals surface area contributed by atoms with Gasteiger partial charge in [0.25, 0.3) is 11.8 Å². The predicted octanol–water partition coefficient (Wildman–Crippen LogP) is 3.85. The summed E-state index contributed by atoms with van der Waals surface area (Å²) in [7, 11) is -0.986. The molecule has 0 heterocycles. The van der Waals surface area contributed by atoms with Crippen LogP contribution in [0.5, 0.6) is 0 Å². The second kappa shape index (κ2) is 16.0. The SMILES string of the molecule is CCC[C@H](NC[C@H](Cc1ccccc1)NC(=O)c1cc(C(=O)N[C@H](C)c2ccccc2)cc(N(C)S(C)(=O)=O)c1)C(=O)OC. The molecule has 0 radical (unpaired) electrons. The third kappa shape index (κ3) is 9.92. The average Bonchev–Trinajstić information content (AvgIpc) is 3.02. The normalized spacial score (nSPS) is 13.3. The highest BCUT2D eigenvalue weighted by Crippen LogP contribution is 2.22. The van der Waals surface area contributed by atoms with Crippen molar-refractivity contribution >= 4 is 33.5 Å². The number of carbonyl (C=O) groups excluding carboxylic acids is 3. The van der Waals surface area contributed by atoms with Gasteiger partial charge in [0.1, 0.15) is 6.04 Å². The number of methoxy groups -OCH3 is 1. The minimum Gasteiger partial charge on any atom is -0.468 e. The number of anilines is 1. The van der Waals surface area contributed by atoms with E-state index >= 15 is 0 Å². The van der Waals surface area contributed by atoms with Crippen molar-refractivity contribution in [2.45, 2.75) is 51.2 Å². The van der Waals surface area contributed by atoms with Crippen LogP contribution in [0, 0.1) is 0 Å². The molecule has 3 rings (SSSR count). The van der Waals surface area contributed by atoms with Crippen LogP contribution in [-0.2, 0) is 26.0 Å². The van der Waals surface area contributed by atoms with Crippen LogP contribution in [0.4, 0.5) is 5.69 Å². The molecule has 0 bridgehead atoms. The number of amides is 2. The number of carbonyl (C=O) groups is 3. The summed E-state index contributed by atoms with van der Waals surface area (Å²) in [6.07, 6.45) is 2.84. The van der Waals surface area contributed by atoms with E-state index in [0.717, 1.165) is 28.1 Å². The Morgan fingerprint density at radius 2 is 1.45 bits per heavy atom. The Balaban J connectivity index is 1.92. The Morgan fingerprint density at radius 3 is 2.00 bits per heavy atom. The molecule has 0 aliphatic rings. The lowest BCUT2D eigenvalue weighted by Gasteiger charge is -2.24. The van der Waals surface area contributed by atoms with Crippen molar-refractivity contribution in [2.75, 3.05) is 31.3 Å². The van der Waals surface area contributed by atoms with E-state index in [1.807, 2.05) is 74.5 Å². The van der Waals surface area contributed by atoms with Gasteiger partial charge in [0.2, 0.25) is 10.0 Å². The van der Waals surface area contributed by atoms with Crippen molar-refractivity contribution in [3.8, 4) is 0 Å². The summed E-state index contributed by atoms with van der Waals surface area (Å²) in [5.74, 6) is -1.33. The van der Waals surface area contributed by atoms with Gasteiger partial charge in [-0.3, -0.25) is 18.7 Å². The number of hydrogen-bond donors (Lipinski definition) is 3. The fourth-order valence-electron chi connectivity index (χ4n) is 4.71. The third-order valence-corrected chi connectivity index (χ3v) is 8.49. The molecule has 0 aromatic heterocycles. The molecule has 0 saturated carbocycles. The fourth-order valence-corrected chi connectivity index (χ4v) is 5.20. The number of esters is 1. The van der Waals surface area contributed by atoms with Gasteiger partial charge in [-0.2, -0.15) is 0 Å². The van der Waals surface area contributed by atoms with Gasteiger partial charge in [-0.15, -0.1) is 0 Å². The molecule has 3 atom stereocenters. The predicted molar refractivity (Wildman–Crippen MR) is 172 cm³/mol. The van der Waals surface area contributed by atoms with Crippen molar-refractivity contribution in [3.05, 3.63) is 101 Å². The van der Waals surface area contributed by atoms with Crippen molar-refractivity contribution in [3.63, 3.8) is 0 Å². The Bertz CT molecular complexity index is 1520. The summed E-state index contributed by atoms with van der Waals surface area (Å²) in [6.45, 7) is 4.08. The summed E-state index contributed by atoms with van der Waals surface area (Å²) >= 11 is 0. The molecule has 236 valence electrons. The lowest BCUT2D eigenvalue weighted by molar-refractivity contribution is -0.143. The molecule has 3 N–H and O–H groups in total. The zero-order valence-corrected chi connectivity index (χ0v) is 26.7. The number of rotatable bonds is 15. The van der Waals surface area contributed by atoms with Crippen LogP contribution < -0.4 is 20.3 Å². The Hall–Kier alpha value is -4.22. The van der Waals surface area contributed by atoms with Crippen molar-refractivity contribution < 1.29 is 27.5 Å². The van der Waals surface area contributed by atoms with Crippen molar-refractivity contribution in [1.29, 1.82) is 0 Å². The molecule has 3 aromatic rings. The number of benzene rings is 3. The van der Waals surface area contributed by atoms with Crippen LogP contribution in [0.1, 0.15) is 64.6 Å². The maximum Gasteiger partial charge on any atom is 0.322 e. The molecule has 0 spiro atoms. The standard InChI is InChI=1S/C33H42N4O6S/c1-6-13-30(33(40)43-4)34-22-28(18-24-14-9-7-10-15-24)36-32(39)27-19-26(20-29(21-27)37(3)44(5,41)42)31(38)35-23(2)25-16-11-8-12-17-25/h7-12,14-17,19-21,23,28,30,34H,6,13,18,22H2,1-5H3,(H,35,38)(H,36,39)/t23-,28+,30+/m1/s1. The topological polar surface area (TPSA) is 134 Å². The molecule has 10 nitrogen and oxygen atoms in total. The number of hydrogen-bond acceptors (Lipinski definition) is 7. The lowest BCUT2D eigenvalue weighted by atomic mass is 10.0. The molecular formula is C33H42N4O6S. The minimum atomic E-state index is -3.69. The highest BCUT2D eigenvalue weighted by molar-refractivity contribution is 7.92. The summed E-state index contributed by atoms with van der Waals surface area (Å²) < 4.78 is 30.8. The van der Waals surface area contributed by atoms with Crippen molar-refractivity contribution in [1.82, 2.24) is 16.0 Å². The van der Waals surface area contributed by atoms with Gasteiger partial charge in [0.15, 0.2) is 0 Å². The first-order valence-corrected chi connectivity index (χ1v) is 16.4. The van der Waals surface area contributed by atoms with Gasteiger partial charge in [-0.25, -0.2) is 8.42 Å². The molecule has 2 amide bonds. The summed E-state index contributed by atoms with van der Waals surface area (Å²) in [4.78, 5) is 39.4. The molecule has 11 heteroatoms. The van der Waals surface area contributed by atoms with E-state index in [0.29, 0.717) is 12.8 Å². The lowest BCUT2D eigenvalue weighted by Crippen LogP contribution is -2.48. The largest absolute Gasteiger partial charge is 0.468 e. The number of ether oxygens (including phenoxy) is 1. The summed E-state index contributed by atoms with van der Waals surface area (Å²) in [5.41, 5.74) is 2.30. The van der Waals surface area contributed by atoms with Gasteiger partial charge < -0.3 is 20.7 Å². The quantitative estimate of drug-likeness (QED) is 0.219. The zero-order chi connectivity index (χ0) is 32.3. The first-order chi connectivity index (χ1) is 20.9. The zero-order valence-electron chi connectivity index (χ0n) is 25.9. The van der Waals surface area contributed by atoms with Crippen LogP contribution in [0.2, 0.25) is 0 Å². The maximum atomic E-state index is 13.7. The molecule has 0 unspecified atom stereocenters. The van der Waals surface area contributed by atoms with E-state index in [4.69, 9.17) is 4.74 Å². The fraction of sp³-hybridized carbons (Fsp3) is 0.364. The van der Waals surface area contributed by atoms with E-state index in [9.17, 15) is 22.8 Å². The number of sulfonamides is 1. The monoisotopic (exact) mass is 622 g/mol. The maximum absolute atomic E-state index is 13.7. The Kier molecular flexibility index (Phi) is 12.5. The van der Waals surface area contributed by atoms with E-state index in [-0.39, 0.29) is 35.4 Å². The molecule has 0 saturated heterocycles. The van der Waals surface area contributed by atoms with E-state index < -0.39 is 33.9 Å². The smallest absolute Gasteiger partial charge is 0.322 e. The minimum absolute atomic E-state index is 0.117. The van der Waals surface area contributed by atoms with Gasteiger partial charge in [0, 0.05) is 30.8 Å². The highest BCUT2D eigenvalue weighted by atomic mass is 32.2. The molecule has 0 aliphatic carbocycles. The highest BCUT2D eigenvalue weighted by Gasteiger charge is 2.23. The first-order valence-electron chi connectivity index (χ1n) is 14.5. The molecular weight excluding hydrogens is 580 g/mol. The van der Waals surface area contributed by atoms with Crippen LogP contribution in [-0.4, -0.2) is 65.2 Å². The molecule has 0 aliphatic heterocycles. The van der Waals surface area contributed by atoms with E-state index in [2.05, 4.69) is 16.0 Å². The van der Waals surface area contributed by atoms with Crippen LogP contribution in [0.15, 0.2) is 78.9 Å². The van der Waals surface area contributed by atoms with Crippen molar-refractivity contribution in [2.24, 2.45) is 0 Å². The number of nitrogens with zero attached hydrogens (tertiary/aromatic N) is 1. The van der Waals surface area contributed by atoms with Crippen LogP contribution in [0.3, 0.4) is 0 Å². The second-order valence-corrected chi connectivity index (χ2v) is 12.8. The third-order valence-electron chi connectivity index (χ3n) is 7.28. The number of nitrogens with one attached hydrogen (secondary N) is 3. The Morgan fingerprint density at radius 1 is 0.886 bits per heavy atom. The van der Waals surface area contributed by atoms with E-state index in [1.54, 1.807) is 0 Å². The van der Waals surface area contributed by atoms with Gasteiger partial charge in [-0.05, 0) is 49.1 Å². The first kappa shape index (κ1) is 34.3. The average molecular weight is 623 g/mol. The molecule has 44 heavy (non-hydrogen) atoms. The van der Waals surface area contributed by atoms with E-state index in [1.165, 1.54) is 32.4 Å². The van der Waals surface area contributed by atoms with Crippen LogP contribution in [0.25, 0.3) is 0 Å². The molecule has 0 fully saturated rings. The van der Waals surface area contributed by atoms with Gasteiger partial charge in [0.05, 0.1) is 25.1 Å². The second-order valence-electron chi connectivity index (χ2n) is 10.7. The Labute approximate surface area is 260 Å². The summed E-state index contributed by atoms with van der Waals surface area (Å²) in [6, 6.07) is 22.0.